The lowest BCUT2D eigenvalue weighted by atomic mass is 10.2. The third-order valence-electron chi connectivity index (χ3n) is 4.14. The highest BCUT2D eigenvalue weighted by Crippen LogP contribution is 2.30. The first-order chi connectivity index (χ1) is 13.7. The van der Waals surface area contributed by atoms with Crippen molar-refractivity contribution >= 4 is 50.5 Å². The molecule has 0 unspecified atom stereocenters. The van der Waals surface area contributed by atoms with Crippen LogP contribution in [0.15, 0.2) is 65.6 Å². The van der Waals surface area contributed by atoms with Crippen LogP contribution in [0.4, 0.5) is 11.4 Å². The van der Waals surface area contributed by atoms with Crippen molar-refractivity contribution in [3.8, 4) is 0 Å². The van der Waals surface area contributed by atoms with Crippen molar-refractivity contribution in [3.63, 3.8) is 0 Å². The van der Waals surface area contributed by atoms with E-state index in [1.165, 1.54) is 12.1 Å². The summed E-state index contributed by atoms with van der Waals surface area (Å²) in [6.45, 7) is 3.78. The molecule has 0 atom stereocenters. The van der Waals surface area contributed by atoms with E-state index in [0.29, 0.717) is 11.4 Å². The zero-order valence-corrected chi connectivity index (χ0v) is 18.0. The minimum absolute atomic E-state index is 0.00117. The number of carbonyl (C=O) groups excluding carboxylic acids is 1. The average Bonchev–Trinajstić information content (AvgIpc) is 2.63. The summed E-state index contributed by atoms with van der Waals surface area (Å²) >= 11 is 12.3. The molecule has 0 aliphatic heterocycles. The first-order valence-electron chi connectivity index (χ1n) is 8.62. The monoisotopic (exact) mass is 448 g/mol. The van der Waals surface area contributed by atoms with Crippen molar-refractivity contribution in [3.05, 3.63) is 87.4 Å². The molecule has 2 N–H and O–H groups in total. The second kappa shape index (κ2) is 8.45. The van der Waals surface area contributed by atoms with Crippen LogP contribution in [0.1, 0.15) is 21.5 Å². The third kappa shape index (κ3) is 5.09. The Morgan fingerprint density at radius 1 is 0.828 bits per heavy atom. The van der Waals surface area contributed by atoms with E-state index in [-0.39, 0.29) is 20.5 Å². The molecule has 5 nitrogen and oxygen atoms in total. The quantitative estimate of drug-likeness (QED) is 0.528. The van der Waals surface area contributed by atoms with E-state index in [9.17, 15) is 13.2 Å². The van der Waals surface area contributed by atoms with Gasteiger partial charge in [-0.05, 0) is 55.8 Å². The number of rotatable bonds is 5. The standard InChI is InChI=1S/C21H18Cl2N2O3S/c1-13-6-8-15(9-7-13)24-21(26)17-11-20(19(23)12-18(17)22)29(27,28)25-16-5-3-4-14(2)10-16/h3-12,25H,1-2H3,(H,24,26). The molecule has 29 heavy (non-hydrogen) atoms. The second-order valence-electron chi connectivity index (χ2n) is 6.56. The molecule has 0 fully saturated rings. The van der Waals surface area contributed by atoms with Gasteiger partial charge in [0.05, 0.1) is 15.6 Å². The normalized spacial score (nSPS) is 11.2. The number of amides is 1. The summed E-state index contributed by atoms with van der Waals surface area (Å²) < 4.78 is 28.2. The second-order valence-corrected chi connectivity index (χ2v) is 9.02. The Bertz CT molecular complexity index is 1180. The number of nitrogens with one attached hydrogen (secondary N) is 2. The summed E-state index contributed by atoms with van der Waals surface area (Å²) in [5, 5.41) is 2.67. The van der Waals surface area contributed by atoms with Crippen molar-refractivity contribution in [2.75, 3.05) is 10.0 Å². The van der Waals surface area contributed by atoms with Crippen molar-refractivity contribution in [1.82, 2.24) is 0 Å². The minimum atomic E-state index is -4.03. The fourth-order valence-corrected chi connectivity index (χ4v) is 4.57. The van der Waals surface area contributed by atoms with Gasteiger partial charge in [0, 0.05) is 11.4 Å². The van der Waals surface area contributed by atoms with Gasteiger partial charge in [0.15, 0.2) is 0 Å². The smallest absolute Gasteiger partial charge is 0.263 e. The molecule has 0 radical (unpaired) electrons. The van der Waals surface area contributed by atoms with Gasteiger partial charge in [0.25, 0.3) is 15.9 Å². The molecular formula is C21H18Cl2N2O3S. The number of halogens is 2. The topological polar surface area (TPSA) is 75.3 Å². The SMILES string of the molecule is Cc1ccc(NC(=O)c2cc(S(=O)(=O)Nc3cccc(C)c3)c(Cl)cc2Cl)cc1. The lowest BCUT2D eigenvalue weighted by Gasteiger charge is -2.13. The van der Waals surface area contributed by atoms with Crippen LogP contribution in [0.3, 0.4) is 0 Å². The molecule has 1 amide bonds. The van der Waals surface area contributed by atoms with Gasteiger partial charge in [-0.1, -0.05) is 53.0 Å². The fraction of sp³-hybridized carbons (Fsp3) is 0.0952. The van der Waals surface area contributed by atoms with Crippen molar-refractivity contribution in [2.45, 2.75) is 18.7 Å². The van der Waals surface area contributed by atoms with Gasteiger partial charge in [-0.25, -0.2) is 8.42 Å². The van der Waals surface area contributed by atoms with E-state index in [2.05, 4.69) is 10.0 Å². The number of hydrogen-bond acceptors (Lipinski definition) is 3. The molecule has 0 bridgehead atoms. The maximum Gasteiger partial charge on any atom is 0.263 e. The Morgan fingerprint density at radius 3 is 2.17 bits per heavy atom. The number of hydrogen-bond donors (Lipinski definition) is 2. The number of anilines is 2. The number of benzene rings is 3. The summed E-state index contributed by atoms with van der Waals surface area (Å²) in [7, 11) is -4.03. The maximum absolute atomic E-state index is 12.8. The molecule has 3 aromatic carbocycles. The van der Waals surface area contributed by atoms with Crippen LogP contribution in [0.5, 0.6) is 0 Å². The number of sulfonamides is 1. The van der Waals surface area contributed by atoms with Crippen LogP contribution in [0.25, 0.3) is 0 Å². The van der Waals surface area contributed by atoms with E-state index in [4.69, 9.17) is 23.2 Å². The van der Waals surface area contributed by atoms with Gasteiger partial charge < -0.3 is 5.32 Å². The van der Waals surface area contributed by atoms with Crippen LogP contribution in [-0.4, -0.2) is 14.3 Å². The fourth-order valence-electron chi connectivity index (χ4n) is 2.66. The lowest BCUT2D eigenvalue weighted by molar-refractivity contribution is 0.102. The zero-order valence-electron chi connectivity index (χ0n) is 15.7. The predicted molar refractivity (Wildman–Crippen MR) is 118 cm³/mol. The average molecular weight is 449 g/mol. The van der Waals surface area contributed by atoms with Gasteiger partial charge in [-0.2, -0.15) is 0 Å². The summed E-state index contributed by atoms with van der Waals surface area (Å²) in [6.07, 6.45) is 0. The lowest BCUT2D eigenvalue weighted by Crippen LogP contribution is -2.17. The van der Waals surface area contributed by atoms with Gasteiger partial charge in [0.1, 0.15) is 4.90 Å². The third-order valence-corrected chi connectivity index (χ3v) is 6.29. The maximum atomic E-state index is 12.8. The van der Waals surface area contributed by atoms with Crippen LogP contribution in [-0.2, 0) is 10.0 Å². The van der Waals surface area contributed by atoms with Gasteiger partial charge in [0.2, 0.25) is 0 Å². The first kappa shape index (κ1) is 21.2. The summed E-state index contributed by atoms with van der Waals surface area (Å²) in [4.78, 5) is 12.4. The molecule has 0 aliphatic carbocycles. The highest BCUT2D eigenvalue weighted by atomic mass is 35.5. The van der Waals surface area contributed by atoms with Crippen molar-refractivity contribution in [1.29, 1.82) is 0 Å². The molecule has 8 heteroatoms. The molecular weight excluding hydrogens is 431 g/mol. The van der Waals surface area contributed by atoms with E-state index in [0.717, 1.165) is 11.1 Å². The van der Waals surface area contributed by atoms with E-state index in [1.807, 2.05) is 32.0 Å². The Kier molecular flexibility index (Phi) is 6.17. The highest BCUT2D eigenvalue weighted by molar-refractivity contribution is 7.92. The minimum Gasteiger partial charge on any atom is -0.322 e. The van der Waals surface area contributed by atoms with Crippen LogP contribution in [0.2, 0.25) is 10.0 Å². The Morgan fingerprint density at radius 2 is 1.52 bits per heavy atom. The molecule has 0 saturated carbocycles. The number of carbonyl (C=O) groups is 1. The molecule has 0 aromatic heterocycles. The largest absolute Gasteiger partial charge is 0.322 e. The molecule has 0 heterocycles. The van der Waals surface area contributed by atoms with Crippen LogP contribution < -0.4 is 10.0 Å². The Balaban J connectivity index is 1.94. The van der Waals surface area contributed by atoms with Crippen molar-refractivity contribution < 1.29 is 13.2 Å². The summed E-state index contributed by atoms with van der Waals surface area (Å²) in [5.74, 6) is -0.539. The van der Waals surface area contributed by atoms with E-state index >= 15 is 0 Å². The molecule has 0 spiro atoms. The molecule has 150 valence electrons. The van der Waals surface area contributed by atoms with Gasteiger partial charge >= 0.3 is 0 Å². The van der Waals surface area contributed by atoms with Crippen molar-refractivity contribution in [2.24, 2.45) is 0 Å². The highest BCUT2D eigenvalue weighted by Gasteiger charge is 2.23. The molecule has 0 saturated heterocycles. The Labute approximate surface area is 179 Å². The summed E-state index contributed by atoms with van der Waals surface area (Å²) in [6, 6.07) is 16.5. The number of aryl methyl sites for hydroxylation is 2. The first-order valence-corrected chi connectivity index (χ1v) is 10.9. The van der Waals surface area contributed by atoms with E-state index in [1.54, 1.807) is 30.3 Å². The van der Waals surface area contributed by atoms with E-state index < -0.39 is 15.9 Å². The Hall–Kier alpha value is -2.54. The summed E-state index contributed by atoms with van der Waals surface area (Å²) in [5.41, 5.74) is 2.89. The zero-order chi connectivity index (χ0) is 21.2. The molecule has 3 aromatic rings. The molecule has 3 rings (SSSR count). The van der Waals surface area contributed by atoms with Crippen LogP contribution >= 0.6 is 23.2 Å². The predicted octanol–water partition coefficient (Wildman–Crippen LogP) is 5.66. The van der Waals surface area contributed by atoms with Gasteiger partial charge in [-0.3, -0.25) is 9.52 Å². The molecule has 0 aliphatic rings. The van der Waals surface area contributed by atoms with Gasteiger partial charge in [-0.15, -0.1) is 0 Å². The van der Waals surface area contributed by atoms with Crippen LogP contribution in [0, 0.1) is 13.8 Å².